The van der Waals surface area contributed by atoms with Gasteiger partial charge in [0.15, 0.2) is 0 Å². The molecule has 0 amide bonds. The molecule has 16 heavy (non-hydrogen) atoms. The van der Waals surface area contributed by atoms with Crippen molar-refractivity contribution in [2.75, 3.05) is 0 Å². The van der Waals surface area contributed by atoms with Crippen molar-refractivity contribution in [2.24, 2.45) is 0 Å². The molecule has 0 atom stereocenters. The predicted octanol–water partition coefficient (Wildman–Crippen LogP) is 3.87. The number of aryl methyl sites for hydroxylation is 1. The molecule has 1 aromatic carbocycles. The molecule has 1 aromatic rings. The van der Waals surface area contributed by atoms with Crippen LogP contribution in [0, 0.1) is 12.3 Å². The zero-order chi connectivity index (χ0) is 11.3. The summed E-state index contributed by atoms with van der Waals surface area (Å²) < 4.78 is 0. The minimum absolute atomic E-state index is 0.716. The average molecular weight is 209 g/mol. The molecule has 0 aliphatic heterocycles. The second kappa shape index (κ2) is 3.18. The normalized spacial score (nSPS) is 18.4. The second-order valence-electron chi connectivity index (χ2n) is 4.81. The zero-order valence-electron chi connectivity index (χ0n) is 9.72. The Morgan fingerprint density at radius 3 is 2.69 bits per heavy atom. The molecule has 80 valence electrons. The van der Waals surface area contributed by atoms with Crippen LogP contribution < -0.4 is 0 Å². The highest BCUT2D eigenvalue weighted by Gasteiger charge is 2.26. The number of nitrogens with one attached hydrogen (secondary N) is 1. The fourth-order valence-corrected chi connectivity index (χ4v) is 2.64. The minimum atomic E-state index is 0.716. The first-order chi connectivity index (χ1) is 7.66. The molecule has 1 heteroatoms. The molecule has 0 radical (unpaired) electrons. The summed E-state index contributed by atoms with van der Waals surface area (Å²) in [6, 6.07) is 6.46. The van der Waals surface area contributed by atoms with Crippen molar-refractivity contribution >= 4 is 11.3 Å². The monoisotopic (exact) mass is 209 g/mol. The summed E-state index contributed by atoms with van der Waals surface area (Å²) in [5, 5.41) is 8.24. The molecule has 3 rings (SSSR count). The number of benzene rings is 1. The lowest BCUT2D eigenvalue weighted by Crippen LogP contribution is -1.99. The molecule has 0 saturated heterocycles. The van der Waals surface area contributed by atoms with Crippen LogP contribution in [0.1, 0.15) is 36.5 Å². The Bertz CT molecular complexity index is 559. The first-order valence-corrected chi connectivity index (χ1v) is 5.77. The molecule has 0 heterocycles. The first-order valence-electron chi connectivity index (χ1n) is 5.77. The lowest BCUT2D eigenvalue weighted by atomic mass is 9.92. The third-order valence-electron chi connectivity index (χ3n) is 3.52. The van der Waals surface area contributed by atoms with Gasteiger partial charge in [-0.2, -0.15) is 0 Å². The van der Waals surface area contributed by atoms with Gasteiger partial charge in [0, 0.05) is 11.1 Å². The number of allylic oxidation sites excluding steroid dienone is 4. The van der Waals surface area contributed by atoms with E-state index in [0.717, 1.165) is 24.0 Å². The van der Waals surface area contributed by atoms with Crippen LogP contribution in [0.25, 0.3) is 5.57 Å². The molecule has 2 aliphatic carbocycles. The summed E-state index contributed by atoms with van der Waals surface area (Å²) in [7, 11) is 0. The fraction of sp³-hybridized carbons (Fsp3) is 0.267. The molecule has 1 N–H and O–H groups in total. The van der Waals surface area contributed by atoms with E-state index in [1.54, 1.807) is 0 Å². The van der Waals surface area contributed by atoms with Gasteiger partial charge in [0.2, 0.25) is 0 Å². The Labute approximate surface area is 96.0 Å². The SMILES string of the molecule is CC1=CC2=C(CC1)c1ccc(C)cc1C2=N. The van der Waals surface area contributed by atoms with Crippen molar-refractivity contribution in [3.05, 3.63) is 52.1 Å². The van der Waals surface area contributed by atoms with Crippen molar-refractivity contribution in [2.45, 2.75) is 26.7 Å². The fourth-order valence-electron chi connectivity index (χ4n) is 2.64. The van der Waals surface area contributed by atoms with Gasteiger partial charge in [0.05, 0.1) is 5.71 Å². The van der Waals surface area contributed by atoms with Gasteiger partial charge in [-0.15, -0.1) is 0 Å². The van der Waals surface area contributed by atoms with Crippen LogP contribution in [0.15, 0.2) is 35.4 Å². The summed E-state index contributed by atoms with van der Waals surface area (Å²) in [4.78, 5) is 0. The van der Waals surface area contributed by atoms with Crippen molar-refractivity contribution in [1.82, 2.24) is 0 Å². The van der Waals surface area contributed by atoms with Crippen LogP contribution >= 0.6 is 0 Å². The number of hydrogen-bond acceptors (Lipinski definition) is 1. The molecule has 0 saturated carbocycles. The van der Waals surface area contributed by atoms with Crippen LogP contribution in [0.3, 0.4) is 0 Å². The van der Waals surface area contributed by atoms with Crippen LogP contribution in [0.5, 0.6) is 0 Å². The minimum Gasteiger partial charge on any atom is -0.300 e. The van der Waals surface area contributed by atoms with E-state index in [9.17, 15) is 0 Å². The van der Waals surface area contributed by atoms with E-state index in [4.69, 9.17) is 5.41 Å². The van der Waals surface area contributed by atoms with E-state index in [0.29, 0.717) is 5.71 Å². The van der Waals surface area contributed by atoms with Crippen molar-refractivity contribution in [1.29, 1.82) is 5.41 Å². The van der Waals surface area contributed by atoms with Crippen LogP contribution in [-0.2, 0) is 0 Å². The summed E-state index contributed by atoms with van der Waals surface area (Å²) in [6.45, 7) is 4.25. The van der Waals surface area contributed by atoms with Gasteiger partial charge >= 0.3 is 0 Å². The molecule has 0 spiro atoms. The lowest BCUT2D eigenvalue weighted by Gasteiger charge is -2.12. The molecule has 0 fully saturated rings. The molecular weight excluding hydrogens is 194 g/mol. The van der Waals surface area contributed by atoms with Gasteiger partial charge in [0.1, 0.15) is 0 Å². The Hall–Kier alpha value is -1.63. The van der Waals surface area contributed by atoms with E-state index in [1.807, 2.05) is 0 Å². The van der Waals surface area contributed by atoms with E-state index in [-0.39, 0.29) is 0 Å². The highest BCUT2D eigenvalue weighted by Crippen LogP contribution is 2.40. The van der Waals surface area contributed by atoms with Gasteiger partial charge < -0.3 is 0 Å². The molecule has 1 nitrogen and oxygen atoms in total. The Morgan fingerprint density at radius 2 is 1.88 bits per heavy atom. The van der Waals surface area contributed by atoms with Gasteiger partial charge in [-0.05, 0) is 43.9 Å². The van der Waals surface area contributed by atoms with E-state index >= 15 is 0 Å². The topological polar surface area (TPSA) is 23.9 Å². The molecule has 2 aliphatic rings. The first kappa shape index (κ1) is 9.59. The summed E-state index contributed by atoms with van der Waals surface area (Å²) in [6.07, 6.45) is 4.42. The van der Waals surface area contributed by atoms with Crippen LogP contribution in [0.4, 0.5) is 0 Å². The summed E-state index contributed by atoms with van der Waals surface area (Å²) in [5.41, 5.74) is 8.30. The smallest absolute Gasteiger partial charge is 0.0693 e. The van der Waals surface area contributed by atoms with Gasteiger partial charge in [-0.1, -0.05) is 29.3 Å². The molecule has 0 bridgehead atoms. The van der Waals surface area contributed by atoms with Gasteiger partial charge in [-0.3, -0.25) is 5.41 Å². The van der Waals surface area contributed by atoms with Crippen LogP contribution in [0.2, 0.25) is 0 Å². The Balaban J connectivity index is 2.23. The zero-order valence-corrected chi connectivity index (χ0v) is 9.72. The van der Waals surface area contributed by atoms with Crippen molar-refractivity contribution < 1.29 is 0 Å². The highest BCUT2D eigenvalue weighted by molar-refractivity contribution is 6.24. The van der Waals surface area contributed by atoms with E-state index < -0.39 is 0 Å². The maximum atomic E-state index is 8.24. The molecule has 0 aromatic heterocycles. The summed E-state index contributed by atoms with van der Waals surface area (Å²) in [5.74, 6) is 0. The van der Waals surface area contributed by atoms with Crippen molar-refractivity contribution in [3.63, 3.8) is 0 Å². The Kier molecular flexibility index (Phi) is 1.90. The number of hydrogen-bond donors (Lipinski definition) is 1. The standard InChI is InChI=1S/C15H15N/c1-9-3-5-11-12-6-4-10(2)8-14(12)15(16)13(11)7-9/h3,5,7-8,16H,4,6H2,1-2H3. The highest BCUT2D eigenvalue weighted by atomic mass is 14.5. The quantitative estimate of drug-likeness (QED) is 0.670. The summed E-state index contributed by atoms with van der Waals surface area (Å²) >= 11 is 0. The maximum Gasteiger partial charge on any atom is 0.0693 e. The van der Waals surface area contributed by atoms with Crippen molar-refractivity contribution in [3.8, 4) is 0 Å². The second-order valence-corrected chi connectivity index (χ2v) is 4.81. The van der Waals surface area contributed by atoms with Gasteiger partial charge in [0.25, 0.3) is 0 Å². The molecular formula is C15H15N. The third-order valence-corrected chi connectivity index (χ3v) is 3.52. The largest absolute Gasteiger partial charge is 0.300 e. The average Bonchev–Trinajstić information content (AvgIpc) is 2.53. The predicted molar refractivity (Wildman–Crippen MR) is 67.9 cm³/mol. The molecule has 0 unspecified atom stereocenters. The number of fused-ring (bicyclic) bond motifs is 2. The number of rotatable bonds is 0. The van der Waals surface area contributed by atoms with E-state index in [2.05, 4.69) is 38.1 Å². The Morgan fingerprint density at radius 1 is 1.06 bits per heavy atom. The van der Waals surface area contributed by atoms with Gasteiger partial charge in [-0.25, -0.2) is 0 Å². The van der Waals surface area contributed by atoms with E-state index in [1.165, 1.54) is 22.3 Å². The van der Waals surface area contributed by atoms with Crippen LogP contribution in [-0.4, -0.2) is 5.71 Å². The third kappa shape index (κ3) is 1.21. The maximum absolute atomic E-state index is 8.24. The lowest BCUT2D eigenvalue weighted by molar-refractivity contribution is 0.974.